The summed E-state index contributed by atoms with van der Waals surface area (Å²) < 4.78 is 23.8. The maximum atomic E-state index is 11.2. The molecule has 0 spiro atoms. The number of carbonyl (C=O) groups is 1. The van der Waals surface area contributed by atoms with E-state index < -0.39 is 15.8 Å². The van der Waals surface area contributed by atoms with Crippen LogP contribution in [-0.4, -0.2) is 40.6 Å². The van der Waals surface area contributed by atoms with Crippen molar-refractivity contribution in [2.24, 2.45) is 0 Å². The van der Waals surface area contributed by atoms with Crippen LogP contribution in [0.25, 0.3) is 0 Å². The van der Waals surface area contributed by atoms with Crippen LogP contribution in [0.2, 0.25) is 0 Å². The summed E-state index contributed by atoms with van der Waals surface area (Å²) in [4.78, 5) is 14.1. The number of aromatic nitrogens is 2. The van der Waals surface area contributed by atoms with Crippen LogP contribution in [0.15, 0.2) is 12.5 Å². The standard InChI is InChI=1S/C8H12N2O4S/c1-2-15(13,14)4-3-10-5-7(8(11)12)9-6-10/h5-6H,2-4H2,1H3,(H,11,12). The molecule has 0 radical (unpaired) electrons. The fraction of sp³-hybridized carbons (Fsp3) is 0.500. The number of aromatic carboxylic acids is 1. The molecule has 7 heteroatoms. The highest BCUT2D eigenvalue weighted by atomic mass is 32.2. The van der Waals surface area contributed by atoms with Gasteiger partial charge in [-0.2, -0.15) is 0 Å². The van der Waals surface area contributed by atoms with E-state index in [4.69, 9.17) is 5.11 Å². The molecule has 0 amide bonds. The molecule has 6 nitrogen and oxygen atoms in total. The third-order valence-corrected chi connectivity index (χ3v) is 3.64. The van der Waals surface area contributed by atoms with Gasteiger partial charge in [-0.05, 0) is 0 Å². The smallest absolute Gasteiger partial charge is 0.356 e. The van der Waals surface area contributed by atoms with Crippen molar-refractivity contribution in [1.29, 1.82) is 0 Å². The number of carboxylic acid groups (broad SMARTS) is 1. The highest BCUT2D eigenvalue weighted by molar-refractivity contribution is 7.91. The maximum Gasteiger partial charge on any atom is 0.356 e. The molecular weight excluding hydrogens is 220 g/mol. The molecule has 0 saturated heterocycles. The van der Waals surface area contributed by atoms with Crippen molar-refractivity contribution in [3.05, 3.63) is 18.2 Å². The number of nitrogens with zero attached hydrogens (tertiary/aromatic N) is 2. The van der Waals surface area contributed by atoms with Crippen LogP contribution < -0.4 is 0 Å². The first kappa shape index (κ1) is 11.7. The van der Waals surface area contributed by atoms with Crippen LogP contribution in [0.5, 0.6) is 0 Å². The van der Waals surface area contributed by atoms with E-state index in [1.54, 1.807) is 6.92 Å². The second-order valence-corrected chi connectivity index (χ2v) is 5.51. The molecule has 1 N–H and O–H groups in total. The molecule has 0 aliphatic rings. The summed E-state index contributed by atoms with van der Waals surface area (Å²) in [6.07, 6.45) is 2.63. The SMILES string of the molecule is CCS(=O)(=O)CCn1cnc(C(=O)O)c1. The minimum Gasteiger partial charge on any atom is -0.476 e. The summed E-state index contributed by atoms with van der Waals surface area (Å²) in [5.41, 5.74) is -0.0797. The maximum absolute atomic E-state index is 11.2. The molecule has 0 unspecified atom stereocenters. The van der Waals surface area contributed by atoms with Crippen LogP contribution in [0.3, 0.4) is 0 Å². The zero-order valence-electron chi connectivity index (χ0n) is 8.25. The Balaban J connectivity index is 2.63. The van der Waals surface area contributed by atoms with Gasteiger partial charge in [0.05, 0.1) is 12.1 Å². The van der Waals surface area contributed by atoms with Gasteiger partial charge in [-0.1, -0.05) is 6.92 Å². The van der Waals surface area contributed by atoms with Crippen molar-refractivity contribution < 1.29 is 18.3 Å². The molecular formula is C8H12N2O4S. The number of rotatable bonds is 5. The Morgan fingerprint density at radius 2 is 2.27 bits per heavy atom. The predicted molar refractivity (Wildman–Crippen MR) is 53.5 cm³/mol. The Labute approximate surface area is 87.5 Å². The summed E-state index contributed by atoms with van der Waals surface area (Å²) in [6, 6.07) is 0. The van der Waals surface area contributed by atoms with E-state index in [1.807, 2.05) is 0 Å². The monoisotopic (exact) mass is 232 g/mol. The van der Waals surface area contributed by atoms with Crippen LogP contribution in [0, 0.1) is 0 Å². The topological polar surface area (TPSA) is 89.3 Å². The molecule has 1 heterocycles. The Morgan fingerprint density at radius 1 is 1.60 bits per heavy atom. The van der Waals surface area contributed by atoms with E-state index in [0.717, 1.165) is 0 Å². The molecule has 1 aromatic heterocycles. The Morgan fingerprint density at radius 3 is 2.73 bits per heavy atom. The number of aryl methyl sites for hydroxylation is 1. The third kappa shape index (κ3) is 3.35. The van der Waals surface area contributed by atoms with Gasteiger partial charge < -0.3 is 9.67 Å². The van der Waals surface area contributed by atoms with E-state index in [2.05, 4.69) is 4.98 Å². The fourth-order valence-corrected chi connectivity index (χ4v) is 1.76. The van der Waals surface area contributed by atoms with Gasteiger partial charge in [-0.3, -0.25) is 0 Å². The number of sulfone groups is 1. The lowest BCUT2D eigenvalue weighted by Gasteiger charge is -2.01. The average molecular weight is 232 g/mol. The summed E-state index contributed by atoms with van der Waals surface area (Å²) in [7, 11) is -3.02. The largest absolute Gasteiger partial charge is 0.476 e. The minimum absolute atomic E-state index is 0.00107. The minimum atomic E-state index is -3.02. The lowest BCUT2D eigenvalue weighted by molar-refractivity contribution is 0.0691. The number of hydrogen-bond donors (Lipinski definition) is 1. The predicted octanol–water partition coefficient (Wildman–Crippen LogP) is 0.0160. The average Bonchev–Trinajstić information content (AvgIpc) is 2.63. The van der Waals surface area contributed by atoms with E-state index in [1.165, 1.54) is 17.1 Å². The fourth-order valence-electron chi connectivity index (χ4n) is 0.982. The summed E-state index contributed by atoms with van der Waals surface area (Å²) in [5, 5.41) is 8.58. The second kappa shape index (κ2) is 4.43. The van der Waals surface area contributed by atoms with Crippen molar-refractivity contribution in [3.63, 3.8) is 0 Å². The first-order chi connectivity index (χ1) is 6.94. The van der Waals surface area contributed by atoms with Gasteiger partial charge >= 0.3 is 5.97 Å². The van der Waals surface area contributed by atoms with Crippen molar-refractivity contribution in [3.8, 4) is 0 Å². The van der Waals surface area contributed by atoms with Gasteiger partial charge in [0.15, 0.2) is 15.5 Å². The molecule has 0 saturated carbocycles. The van der Waals surface area contributed by atoms with Crippen LogP contribution in [-0.2, 0) is 16.4 Å². The molecule has 1 rings (SSSR count). The van der Waals surface area contributed by atoms with Crippen molar-refractivity contribution in [2.75, 3.05) is 11.5 Å². The van der Waals surface area contributed by atoms with E-state index in [9.17, 15) is 13.2 Å². The summed E-state index contributed by atoms with van der Waals surface area (Å²) >= 11 is 0. The molecule has 0 aromatic carbocycles. The molecule has 0 aliphatic carbocycles. The van der Waals surface area contributed by atoms with Crippen LogP contribution >= 0.6 is 0 Å². The zero-order valence-corrected chi connectivity index (χ0v) is 9.07. The molecule has 0 fully saturated rings. The number of carboxylic acids is 1. The Hall–Kier alpha value is -1.37. The van der Waals surface area contributed by atoms with E-state index in [0.29, 0.717) is 0 Å². The van der Waals surface area contributed by atoms with Gasteiger partial charge in [0, 0.05) is 18.5 Å². The number of imidazole rings is 1. The molecule has 0 aliphatic heterocycles. The first-order valence-electron chi connectivity index (χ1n) is 4.40. The second-order valence-electron chi connectivity index (χ2n) is 3.04. The van der Waals surface area contributed by atoms with E-state index in [-0.39, 0.29) is 23.7 Å². The number of hydrogen-bond acceptors (Lipinski definition) is 4. The molecule has 15 heavy (non-hydrogen) atoms. The van der Waals surface area contributed by atoms with Gasteiger partial charge in [-0.25, -0.2) is 18.2 Å². The van der Waals surface area contributed by atoms with E-state index >= 15 is 0 Å². The Kier molecular flexibility index (Phi) is 3.46. The first-order valence-corrected chi connectivity index (χ1v) is 6.22. The molecule has 1 aromatic rings. The van der Waals surface area contributed by atoms with Gasteiger partial charge in [0.2, 0.25) is 0 Å². The molecule has 0 bridgehead atoms. The molecule has 84 valence electrons. The van der Waals surface area contributed by atoms with Gasteiger partial charge in [0.1, 0.15) is 0 Å². The van der Waals surface area contributed by atoms with Crippen LogP contribution in [0.1, 0.15) is 17.4 Å². The Bertz CT molecular complexity index is 449. The lowest BCUT2D eigenvalue weighted by Crippen LogP contribution is -2.13. The van der Waals surface area contributed by atoms with Crippen molar-refractivity contribution in [1.82, 2.24) is 9.55 Å². The highest BCUT2D eigenvalue weighted by Gasteiger charge is 2.10. The normalized spacial score (nSPS) is 11.5. The summed E-state index contributed by atoms with van der Waals surface area (Å²) in [5.74, 6) is -1.03. The lowest BCUT2D eigenvalue weighted by atomic mass is 10.5. The molecule has 0 atom stereocenters. The quantitative estimate of drug-likeness (QED) is 0.772. The van der Waals surface area contributed by atoms with Crippen molar-refractivity contribution >= 4 is 15.8 Å². The van der Waals surface area contributed by atoms with Crippen molar-refractivity contribution in [2.45, 2.75) is 13.5 Å². The zero-order chi connectivity index (χ0) is 11.5. The summed E-state index contributed by atoms with van der Waals surface area (Å²) in [6.45, 7) is 1.81. The highest BCUT2D eigenvalue weighted by Crippen LogP contribution is 1.98. The third-order valence-electron chi connectivity index (χ3n) is 1.95. The van der Waals surface area contributed by atoms with Gasteiger partial charge in [0.25, 0.3) is 0 Å². The van der Waals surface area contributed by atoms with Crippen LogP contribution in [0.4, 0.5) is 0 Å². The van der Waals surface area contributed by atoms with Gasteiger partial charge in [-0.15, -0.1) is 0 Å².